The second-order valence-electron chi connectivity index (χ2n) is 4.47. The highest BCUT2D eigenvalue weighted by molar-refractivity contribution is 7.13. The average Bonchev–Trinajstić information content (AvgIpc) is 2.87. The van der Waals surface area contributed by atoms with E-state index in [2.05, 4.69) is 29.4 Å². The van der Waals surface area contributed by atoms with Gasteiger partial charge in [0.25, 0.3) is 5.91 Å². The minimum Gasteiger partial charge on any atom is -0.353 e. The number of rotatable bonds is 8. The third kappa shape index (κ3) is 5.71. The Morgan fingerprint density at radius 2 is 1.90 bits per heavy atom. The van der Waals surface area contributed by atoms with Crippen LogP contribution >= 0.6 is 11.3 Å². The maximum absolute atomic E-state index is 11.7. The van der Waals surface area contributed by atoms with Crippen LogP contribution in [0.2, 0.25) is 0 Å². The monoisotopic (exact) mass is 297 g/mol. The summed E-state index contributed by atoms with van der Waals surface area (Å²) in [6.45, 7) is 9.53. The number of likely N-dealkylation sites (N-methyl/N-ethyl adjacent to an activating group) is 1. The second-order valence-corrected chi connectivity index (χ2v) is 5.76. The van der Waals surface area contributed by atoms with Crippen LogP contribution in [-0.2, 0) is 4.79 Å². The molecule has 0 radical (unpaired) electrons. The fourth-order valence-corrected chi connectivity index (χ4v) is 2.54. The standard InChI is InChI=1S/C14H23N3O2S/c1-4-17(5-2)9-8-15-13(18)10-16-14(19)12-7-6-11(3)20-12/h6-7H,4-5,8-10H2,1-3H3,(H,15,18)(H,16,19). The van der Waals surface area contributed by atoms with Crippen LogP contribution in [-0.4, -0.2) is 49.4 Å². The molecule has 1 aromatic rings. The van der Waals surface area contributed by atoms with Gasteiger partial charge in [-0.1, -0.05) is 13.8 Å². The van der Waals surface area contributed by atoms with Gasteiger partial charge in [-0.2, -0.15) is 0 Å². The zero-order valence-electron chi connectivity index (χ0n) is 12.4. The molecule has 0 fully saturated rings. The Hall–Kier alpha value is -1.40. The van der Waals surface area contributed by atoms with Crippen molar-refractivity contribution in [1.82, 2.24) is 15.5 Å². The molecule has 1 heterocycles. The van der Waals surface area contributed by atoms with E-state index in [1.165, 1.54) is 11.3 Å². The highest BCUT2D eigenvalue weighted by atomic mass is 32.1. The molecule has 5 nitrogen and oxygen atoms in total. The van der Waals surface area contributed by atoms with Gasteiger partial charge in [0.1, 0.15) is 0 Å². The maximum atomic E-state index is 11.7. The fraction of sp³-hybridized carbons (Fsp3) is 0.571. The molecule has 0 aromatic carbocycles. The lowest BCUT2D eigenvalue weighted by atomic mass is 10.4. The van der Waals surface area contributed by atoms with Gasteiger partial charge in [0.2, 0.25) is 5.91 Å². The first kappa shape index (κ1) is 16.7. The molecule has 1 aromatic heterocycles. The van der Waals surface area contributed by atoms with E-state index in [1.54, 1.807) is 6.07 Å². The molecule has 0 aliphatic carbocycles. The van der Waals surface area contributed by atoms with Crippen molar-refractivity contribution in [2.45, 2.75) is 20.8 Å². The van der Waals surface area contributed by atoms with E-state index >= 15 is 0 Å². The number of hydrogen-bond acceptors (Lipinski definition) is 4. The number of thiophene rings is 1. The van der Waals surface area contributed by atoms with Crippen molar-refractivity contribution in [1.29, 1.82) is 0 Å². The van der Waals surface area contributed by atoms with Crippen LogP contribution < -0.4 is 10.6 Å². The number of amides is 2. The van der Waals surface area contributed by atoms with E-state index in [0.717, 1.165) is 24.5 Å². The molecule has 20 heavy (non-hydrogen) atoms. The van der Waals surface area contributed by atoms with E-state index in [1.807, 2.05) is 13.0 Å². The van der Waals surface area contributed by atoms with Crippen LogP contribution in [0.4, 0.5) is 0 Å². The molecule has 0 unspecified atom stereocenters. The van der Waals surface area contributed by atoms with Crippen LogP contribution in [0.25, 0.3) is 0 Å². The first-order valence-corrected chi connectivity index (χ1v) is 7.72. The highest BCUT2D eigenvalue weighted by Crippen LogP contribution is 2.14. The van der Waals surface area contributed by atoms with Gasteiger partial charge in [0.05, 0.1) is 11.4 Å². The minimum atomic E-state index is -0.193. The van der Waals surface area contributed by atoms with E-state index < -0.39 is 0 Å². The van der Waals surface area contributed by atoms with Crippen molar-refractivity contribution in [3.05, 3.63) is 21.9 Å². The van der Waals surface area contributed by atoms with E-state index in [0.29, 0.717) is 11.4 Å². The summed E-state index contributed by atoms with van der Waals surface area (Å²) in [4.78, 5) is 27.3. The SMILES string of the molecule is CCN(CC)CCNC(=O)CNC(=O)c1ccc(C)s1. The summed E-state index contributed by atoms with van der Waals surface area (Å²) in [7, 11) is 0. The summed E-state index contributed by atoms with van der Waals surface area (Å²) in [5.41, 5.74) is 0. The van der Waals surface area contributed by atoms with Crippen LogP contribution in [0, 0.1) is 6.92 Å². The Morgan fingerprint density at radius 3 is 2.45 bits per heavy atom. The zero-order chi connectivity index (χ0) is 15.0. The lowest BCUT2D eigenvalue weighted by Crippen LogP contribution is -2.40. The maximum Gasteiger partial charge on any atom is 0.261 e. The van der Waals surface area contributed by atoms with Crippen LogP contribution in [0.5, 0.6) is 0 Å². The third-order valence-electron chi connectivity index (χ3n) is 3.02. The first-order valence-electron chi connectivity index (χ1n) is 6.90. The molecule has 112 valence electrons. The van der Waals surface area contributed by atoms with Gasteiger partial charge >= 0.3 is 0 Å². The molecule has 2 amide bonds. The van der Waals surface area contributed by atoms with Gasteiger partial charge in [0.15, 0.2) is 0 Å². The Bertz CT molecular complexity index is 441. The molecular weight excluding hydrogens is 274 g/mol. The van der Waals surface area contributed by atoms with E-state index in [4.69, 9.17) is 0 Å². The molecule has 0 aliphatic rings. The molecule has 0 saturated heterocycles. The molecule has 1 rings (SSSR count). The summed E-state index contributed by atoms with van der Waals surface area (Å²) >= 11 is 1.42. The quantitative estimate of drug-likeness (QED) is 0.759. The molecule has 0 bridgehead atoms. The highest BCUT2D eigenvalue weighted by Gasteiger charge is 2.09. The molecule has 0 spiro atoms. The van der Waals surface area contributed by atoms with Gasteiger partial charge < -0.3 is 15.5 Å². The van der Waals surface area contributed by atoms with E-state index in [9.17, 15) is 9.59 Å². The number of hydrogen-bond donors (Lipinski definition) is 2. The predicted octanol–water partition coefficient (Wildman–Crippen LogP) is 1.24. The fourth-order valence-electron chi connectivity index (χ4n) is 1.76. The molecular formula is C14H23N3O2S. The van der Waals surface area contributed by atoms with Gasteiger partial charge in [-0.3, -0.25) is 9.59 Å². The summed E-state index contributed by atoms with van der Waals surface area (Å²) < 4.78 is 0. The number of carbonyl (C=O) groups excluding carboxylic acids is 2. The lowest BCUT2D eigenvalue weighted by molar-refractivity contribution is -0.120. The Kier molecular flexibility index (Phi) is 7.25. The molecule has 0 saturated carbocycles. The second kappa shape index (κ2) is 8.71. The number of carbonyl (C=O) groups is 2. The van der Waals surface area contributed by atoms with Crippen molar-refractivity contribution in [3.8, 4) is 0 Å². The van der Waals surface area contributed by atoms with E-state index in [-0.39, 0.29) is 18.4 Å². The Morgan fingerprint density at radius 1 is 1.20 bits per heavy atom. The third-order valence-corrected chi connectivity index (χ3v) is 4.02. The van der Waals surface area contributed by atoms with Gasteiger partial charge in [-0.05, 0) is 32.1 Å². The largest absolute Gasteiger partial charge is 0.353 e. The lowest BCUT2D eigenvalue weighted by Gasteiger charge is -2.17. The Labute approximate surface area is 124 Å². The van der Waals surface area contributed by atoms with Crippen LogP contribution in [0.1, 0.15) is 28.4 Å². The predicted molar refractivity (Wildman–Crippen MR) is 82.2 cm³/mol. The smallest absolute Gasteiger partial charge is 0.261 e. The van der Waals surface area contributed by atoms with Gasteiger partial charge in [0, 0.05) is 18.0 Å². The molecule has 0 aliphatic heterocycles. The number of nitrogens with zero attached hydrogens (tertiary/aromatic N) is 1. The first-order chi connectivity index (χ1) is 9.56. The summed E-state index contributed by atoms with van der Waals surface area (Å²) in [6.07, 6.45) is 0. The Balaban J connectivity index is 2.21. The van der Waals surface area contributed by atoms with Gasteiger partial charge in [-0.25, -0.2) is 0 Å². The number of aryl methyl sites for hydroxylation is 1. The van der Waals surface area contributed by atoms with Gasteiger partial charge in [-0.15, -0.1) is 11.3 Å². The minimum absolute atomic E-state index is 0.0219. The van der Waals surface area contributed by atoms with Crippen molar-refractivity contribution >= 4 is 23.2 Å². The van der Waals surface area contributed by atoms with Crippen molar-refractivity contribution < 1.29 is 9.59 Å². The van der Waals surface area contributed by atoms with Crippen LogP contribution in [0.15, 0.2) is 12.1 Å². The molecule has 0 atom stereocenters. The molecule has 2 N–H and O–H groups in total. The van der Waals surface area contributed by atoms with Crippen molar-refractivity contribution in [2.75, 3.05) is 32.7 Å². The summed E-state index contributed by atoms with van der Waals surface area (Å²) in [5.74, 6) is -0.347. The van der Waals surface area contributed by atoms with Crippen molar-refractivity contribution in [2.24, 2.45) is 0 Å². The topological polar surface area (TPSA) is 61.4 Å². The summed E-state index contributed by atoms with van der Waals surface area (Å²) in [6, 6.07) is 3.66. The van der Waals surface area contributed by atoms with Crippen LogP contribution in [0.3, 0.4) is 0 Å². The molecule has 6 heteroatoms. The summed E-state index contributed by atoms with van der Waals surface area (Å²) in [5, 5.41) is 5.43. The normalized spacial score (nSPS) is 10.6. The zero-order valence-corrected chi connectivity index (χ0v) is 13.2. The average molecular weight is 297 g/mol. The van der Waals surface area contributed by atoms with Crippen molar-refractivity contribution in [3.63, 3.8) is 0 Å². The number of nitrogens with one attached hydrogen (secondary N) is 2.